The first-order chi connectivity index (χ1) is 16.7. The molecule has 35 heavy (non-hydrogen) atoms. The quantitative estimate of drug-likeness (QED) is 0.300. The Morgan fingerprint density at radius 2 is 1.40 bits per heavy atom. The minimum atomic E-state index is -0.952. The van der Waals surface area contributed by atoms with E-state index >= 15 is 0 Å². The molecule has 3 aromatic carbocycles. The molecule has 0 saturated carbocycles. The second-order valence-electron chi connectivity index (χ2n) is 9.28. The summed E-state index contributed by atoms with van der Waals surface area (Å²) >= 11 is 0. The smallest absolute Gasteiger partial charge is 0.326 e. The van der Waals surface area contributed by atoms with E-state index in [-0.39, 0.29) is 24.2 Å². The van der Waals surface area contributed by atoms with Gasteiger partial charge < -0.3 is 10.1 Å². The first kappa shape index (κ1) is 25.9. The fourth-order valence-corrected chi connectivity index (χ4v) is 3.85. The van der Waals surface area contributed by atoms with Crippen LogP contribution in [-0.2, 0) is 9.53 Å². The number of ether oxygens (including phenoxy) is 1. The highest BCUT2D eigenvalue weighted by Gasteiger charge is 2.23. The number of amides is 1. The maximum Gasteiger partial charge on any atom is 0.326 e. The second-order valence-corrected chi connectivity index (χ2v) is 9.28. The molecular weight excluding hydrogens is 438 g/mol. The summed E-state index contributed by atoms with van der Waals surface area (Å²) in [7, 11) is 0. The topological polar surface area (TPSA) is 72.5 Å². The molecule has 0 heterocycles. The maximum absolute atomic E-state index is 13.0. The molecule has 5 heteroatoms. The Hall–Kier alpha value is -3.73. The van der Waals surface area contributed by atoms with Crippen molar-refractivity contribution >= 4 is 17.7 Å². The average Bonchev–Trinajstić information content (AvgIpc) is 2.86. The van der Waals surface area contributed by atoms with Gasteiger partial charge in [0.15, 0.2) is 6.10 Å². The molecule has 1 N–H and O–H groups in total. The monoisotopic (exact) mass is 471 g/mol. The largest absolute Gasteiger partial charge is 0.453 e. The third-order valence-corrected chi connectivity index (χ3v) is 5.95. The molecule has 0 aliphatic rings. The average molecular weight is 472 g/mol. The van der Waals surface area contributed by atoms with Gasteiger partial charge in [0.05, 0.1) is 0 Å². The van der Waals surface area contributed by atoms with Crippen molar-refractivity contribution in [1.82, 2.24) is 5.32 Å². The molecule has 0 fully saturated rings. The van der Waals surface area contributed by atoms with Gasteiger partial charge in [-0.15, -0.1) is 0 Å². The Labute approximate surface area is 207 Å². The first-order valence-electron chi connectivity index (χ1n) is 12.0. The van der Waals surface area contributed by atoms with Crippen LogP contribution >= 0.6 is 0 Å². The summed E-state index contributed by atoms with van der Waals surface area (Å²) < 4.78 is 5.34. The summed E-state index contributed by atoms with van der Waals surface area (Å²) in [6.45, 7) is 9.53. The lowest BCUT2D eigenvalue weighted by Crippen LogP contribution is -2.34. The van der Waals surface area contributed by atoms with Gasteiger partial charge in [0.1, 0.15) is 6.54 Å². The Kier molecular flexibility index (Phi) is 8.58. The van der Waals surface area contributed by atoms with E-state index < -0.39 is 12.1 Å². The van der Waals surface area contributed by atoms with E-state index in [0.717, 1.165) is 22.3 Å². The molecule has 0 bridgehead atoms. The third kappa shape index (κ3) is 6.66. The third-order valence-electron chi connectivity index (χ3n) is 5.95. The summed E-state index contributed by atoms with van der Waals surface area (Å²) in [5.41, 5.74) is 5.16. The Morgan fingerprint density at radius 3 is 2.00 bits per heavy atom. The number of ketones is 1. The fraction of sp³-hybridized carbons (Fsp3) is 0.300. The highest BCUT2D eigenvalue weighted by Crippen LogP contribution is 2.26. The lowest BCUT2D eigenvalue weighted by molar-refractivity contribution is -0.145. The van der Waals surface area contributed by atoms with Crippen LogP contribution in [0, 0.1) is 0 Å². The summed E-state index contributed by atoms with van der Waals surface area (Å²) in [6.07, 6.45) is -0.952. The van der Waals surface area contributed by atoms with Crippen molar-refractivity contribution in [2.45, 2.75) is 52.6 Å². The number of esters is 1. The number of nitrogens with one attached hydrogen (secondary N) is 1. The number of Topliss-reactive ketones (excluding diaryl/α,β-unsaturated/α-hetero) is 1. The number of benzene rings is 3. The van der Waals surface area contributed by atoms with Crippen LogP contribution in [0.15, 0.2) is 72.8 Å². The van der Waals surface area contributed by atoms with Gasteiger partial charge in [-0.05, 0) is 53.1 Å². The van der Waals surface area contributed by atoms with Crippen LogP contribution in [0.3, 0.4) is 0 Å². The molecule has 0 aliphatic carbocycles. The van der Waals surface area contributed by atoms with E-state index in [1.54, 1.807) is 19.1 Å². The van der Waals surface area contributed by atoms with Gasteiger partial charge >= 0.3 is 5.97 Å². The highest BCUT2D eigenvalue weighted by molar-refractivity contribution is 6.02. The fourth-order valence-electron chi connectivity index (χ4n) is 3.85. The van der Waals surface area contributed by atoms with Gasteiger partial charge in [0, 0.05) is 11.1 Å². The molecule has 3 aromatic rings. The van der Waals surface area contributed by atoms with Crippen molar-refractivity contribution in [3.05, 3.63) is 95.1 Å². The molecule has 0 spiro atoms. The number of hydrogen-bond donors (Lipinski definition) is 1. The zero-order chi connectivity index (χ0) is 25.5. The van der Waals surface area contributed by atoms with E-state index in [1.807, 2.05) is 68.4 Å². The zero-order valence-corrected chi connectivity index (χ0v) is 21.0. The lowest BCUT2D eigenvalue weighted by atomic mass is 9.89. The predicted molar refractivity (Wildman–Crippen MR) is 139 cm³/mol. The SMILES string of the molecule is CC(OC(=O)CNC(=O)c1ccc(-c2ccccc2)cc1)C(=O)c1ccc(C(C)C)cc1C(C)C. The molecule has 1 atom stereocenters. The van der Waals surface area contributed by atoms with Crippen molar-refractivity contribution in [2.75, 3.05) is 6.54 Å². The molecule has 0 saturated heterocycles. The standard InChI is InChI=1S/C30H33NO4/c1-19(2)25-15-16-26(27(17-25)20(3)4)29(33)21(5)35-28(32)18-31-30(34)24-13-11-23(12-14-24)22-9-7-6-8-10-22/h6-17,19-21H,18H2,1-5H3,(H,31,34). The Morgan fingerprint density at radius 1 is 0.771 bits per heavy atom. The molecule has 3 rings (SSSR count). The van der Waals surface area contributed by atoms with Crippen LogP contribution in [0.4, 0.5) is 0 Å². The van der Waals surface area contributed by atoms with Crippen LogP contribution in [0.5, 0.6) is 0 Å². The molecule has 1 amide bonds. The van der Waals surface area contributed by atoms with Crippen LogP contribution in [0.25, 0.3) is 11.1 Å². The molecular formula is C30H33NO4. The summed E-state index contributed by atoms with van der Waals surface area (Å²) in [5, 5.41) is 2.57. The van der Waals surface area contributed by atoms with E-state index in [9.17, 15) is 14.4 Å². The predicted octanol–water partition coefficient (Wildman–Crippen LogP) is 6.14. The normalized spacial score (nSPS) is 11.9. The van der Waals surface area contributed by atoms with Gasteiger partial charge in [0.25, 0.3) is 5.91 Å². The number of carbonyl (C=O) groups excluding carboxylic acids is 3. The van der Waals surface area contributed by atoms with Crippen molar-refractivity contribution < 1.29 is 19.1 Å². The number of carbonyl (C=O) groups is 3. The summed E-state index contributed by atoms with van der Waals surface area (Å²) in [6, 6.07) is 22.8. The van der Waals surface area contributed by atoms with Crippen molar-refractivity contribution in [2.24, 2.45) is 0 Å². The molecule has 0 aromatic heterocycles. The van der Waals surface area contributed by atoms with Crippen molar-refractivity contribution in [3.8, 4) is 11.1 Å². The minimum absolute atomic E-state index is 0.156. The van der Waals surface area contributed by atoms with E-state index in [1.165, 1.54) is 0 Å². The van der Waals surface area contributed by atoms with Gasteiger partial charge in [-0.2, -0.15) is 0 Å². The maximum atomic E-state index is 13.0. The zero-order valence-electron chi connectivity index (χ0n) is 21.0. The van der Waals surface area contributed by atoms with Crippen LogP contribution in [-0.4, -0.2) is 30.3 Å². The lowest BCUT2D eigenvalue weighted by Gasteiger charge is -2.18. The van der Waals surface area contributed by atoms with Gasteiger partial charge in [-0.1, -0.05) is 88.4 Å². The molecule has 5 nitrogen and oxygen atoms in total. The molecule has 182 valence electrons. The number of hydrogen-bond acceptors (Lipinski definition) is 4. The van der Waals surface area contributed by atoms with E-state index in [4.69, 9.17) is 4.74 Å². The van der Waals surface area contributed by atoms with Gasteiger partial charge in [0.2, 0.25) is 5.78 Å². The van der Waals surface area contributed by atoms with Crippen molar-refractivity contribution in [3.63, 3.8) is 0 Å². The summed E-state index contributed by atoms with van der Waals surface area (Å²) in [5.74, 6) is -0.787. The minimum Gasteiger partial charge on any atom is -0.453 e. The van der Waals surface area contributed by atoms with E-state index in [2.05, 4.69) is 25.2 Å². The number of rotatable bonds is 9. The van der Waals surface area contributed by atoms with E-state index in [0.29, 0.717) is 17.0 Å². The first-order valence-corrected chi connectivity index (χ1v) is 12.0. The molecule has 0 aliphatic heterocycles. The van der Waals surface area contributed by atoms with Crippen LogP contribution in [0.2, 0.25) is 0 Å². The van der Waals surface area contributed by atoms with Gasteiger partial charge in [-0.25, -0.2) is 0 Å². The van der Waals surface area contributed by atoms with Gasteiger partial charge in [-0.3, -0.25) is 14.4 Å². The Balaban J connectivity index is 1.57. The van der Waals surface area contributed by atoms with Crippen molar-refractivity contribution in [1.29, 1.82) is 0 Å². The van der Waals surface area contributed by atoms with Crippen LogP contribution < -0.4 is 5.32 Å². The Bertz CT molecular complexity index is 1180. The molecule has 1 unspecified atom stereocenters. The molecule has 0 radical (unpaired) electrons. The highest BCUT2D eigenvalue weighted by atomic mass is 16.5. The summed E-state index contributed by atoms with van der Waals surface area (Å²) in [4.78, 5) is 37.8. The second kappa shape index (κ2) is 11.6. The van der Waals surface area contributed by atoms with Crippen LogP contribution in [0.1, 0.15) is 78.3 Å².